The minimum absolute atomic E-state index is 0.0210. The van der Waals surface area contributed by atoms with Gasteiger partial charge in [0, 0.05) is 12.1 Å². The summed E-state index contributed by atoms with van der Waals surface area (Å²) in [5.41, 5.74) is -1.57. The number of amides is 2. The molecule has 0 spiro atoms. The maximum Gasteiger partial charge on any atom is 0.416 e. The van der Waals surface area contributed by atoms with Gasteiger partial charge in [0.15, 0.2) is 0 Å². The number of halogens is 6. The summed E-state index contributed by atoms with van der Waals surface area (Å²) in [7, 11) is 0. The molecule has 196 valence electrons. The lowest BCUT2D eigenvalue weighted by Crippen LogP contribution is -2.55. The van der Waals surface area contributed by atoms with Crippen molar-refractivity contribution in [2.45, 2.75) is 52.8 Å². The van der Waals surface area contributed by atoms with Crippen LogP contribution >= 0.6 is 34.8 Å². The molecule has 0 unspecified atom stereocenters. The Labute approximate surface area is 224 Å². The SMILES string of the molecule is CC(C)(C)CNC(=O)C(C)(C)NC(=O)c1ccc(CC=C(c2cc(Cl)c(Cl)c(Cl)c2)C(F)(F)F)cc1. The molecule has 2 amide bonds. The van der Waals surface area contributed by atoms with Gasteiger partial charge in [0.2, 0.25) is 5.91 Å². The van der Waals surface area contributed by atoms with E-state index in [1.54, 1.807) is 26.0 Å². The summed E-state index contributed by atoms with van der Waals surface area (Å²) in [5, 5.41) is 5.31. The first-order chi connectivity index (χ1) is 16.4. The average Bonchev–Trinajstić information content (AvgIpc) is 2.74. The normalized spacial score (nSPS) is 12.9. The van der Waals surface area contributed by atoms with E-state index in [4.69, 9.17) is 34.8 Å². The first-order valence-corrected chi connectivity index (χ1v) is 12.2. The second-order valence-corrected chi connectivity index (χ2v) is 11.3. The molecular formula is C26H28Cl3F3N2O2. The Balaban J connectivity index is 2.16. The second kappa shape index (κ2) is 11.4. The number of hydrogen-bond donors (Lipinski definition) is 2. The van der Waals surface area contributed by atoms with Crippen LogP contribution in [-0.2, 0) is 11.2 Å². The van der Waals surface area contributed by atoms with Crippen LogP contribution in [-0.4, -0.2) is 30.1 Å². The lowest BCUT2D eigenvalue weighted by atomic mass is 9.95. The number of benzene rings is 2. The van der Waals surface area contributed by atoms with Crippen LogP contribution < -0.4 is 10.6 Å². The van der Waals surface area contributed by atoms with Crippen molar-refractivity contribution in [1.29, 1.82) is 0 Å². The summed E-state index contributed by atoms with van der Waals surface area (Å²) in [6.07, 6.45) is -3.69. The summed E-state index contributed by atoms with van der Waals surface area (Å²) in [6.45, 7) is 9.57. The Morgan fingerprint density at radius 3 is 1.89 bits per heavy atom. The molecular weight excluding hydrogens is 536 g/mol. The lowest BCUT2D eigenvalue weighted by molar-refractivity contribution is -0.126. The van der Waals surface area contributed by atoms with E-state index in [1.807, 2.05) is 20.8 Å². The monoisotopic (exact) mass is 562 g/mol. The maximum atomic E-state index is 13.7. The molecule has 0 bridgehead atoms. The molecule has 0 fully saturated rings. The van der Waals surface area contributed by atoms with E-state index in [2.05, 4.69) is 10.6 Å². The van der Waals surface area contributed by atoms with Crippen molar-refractivity contribution in [3.63, 3.8) is 0 Å². The van der Waals surface area contributed by atoms with Gasteiger partial charge in [0.25, 0.3) is 5.91 Å². The van der Waals surface area contributed by atoms with Crippen LogP contribution in [0.1, 0.15) is 56.1 Å². The zero-order chi connectivity index (χ0) is 27.5. The lowest BCUT2D eigenvalue weighted by Gasteiger charge is -2.27. The zero-order valence-corrected chi connectivity index (χ0v) is 22.8. The minimum Gasteiger partial charge on any atom is -0.354 e. The number of hydrogen-bond acceptors (Lipinski definition) is 2. The van der Waals surface area contributed by atoms with Gasteiger partial charge >= 0.3 is 6.18 Å². The molecule has 36 heavy (non-hydrogen) atoms. The summed E-state index contributed by atoms with van der Waals surface area (Å²) in [6, 6.07) is 8.31. The van der Waals surface area contributed by atoms with Crippen molar-refractivity contribution in [3.8, 4) is 0 Å². The molecule has 2 aromatic carbocycles. The molecule has 0 aliphatic carbocycles. The fourth-order valence-corrected chi connectivity index (χ4v) is 3.70. The Hall–Kier alpha value is -2.22. The van der Waals surface area contributed by atoms with Crippen molar-refractivity contribution >= 4 is 52.2 Å². The summed E-state index contributed by atoms with van der Waals surface area (Å²) in [4.78, 5) is 25.2. The topological polar surface area (TPSA) is 58.2 Å². The van der Waals surface area contributed by atoms with Gasteiger partial charge in [-0.3, -0.25) is 9.59 Å². The average molecular weight is 564 g/mol. The van der Waals surface area contributed by atoms with Crippen molar-refractivity contribution in [2.75, 3.05) is 6.54 Å². The standard InChI is InChI=1S/C26H28Cl3F3N2O2/c1-24(2,3)14-33-23(36)25(4,5)34-22(35)16-9-6-15(7-10-16)8-11-18(26(30,31)32)17-12-19(27)21(29)20(28)13-17/h6-7,9-13H,8,14H2,1-5H3,(H,33,36)(H,34,35). The van der Waals surface area contributed by atoms with Crippen LogP contribution in [0.25, 0.3) is 5.57 Å². The molecule has 0 radical (unpaired) electrons. The Kier molecular flexibility index (Phi) is 9.54. The van der Waals surface area contributed by atoms with Crippen LogP contribution in [0.2, 0.25) is 15.1 Å². The van der Waals surface area contributed by atoms with Crippen LogP contribution in [0.5, 0.6) is 0 Å². The first kappa shape index (κ1) is 30.0. The molecule has 0 saturated carbocycles. The quantitative estimate of drug-likeness (QED) is 0.343. The molecule has 0 saturated heterocycles. The minimum atomic E-state index is -4.65. The van der Waals surface area contributed by atoms with Crippen molar-refractivity contribution < 1.29 is 22.8 Å². The number of rotatable bonds is 7. The van der Waals surface area contributed by atoms with Gasteiger partial charge in [-0.2, -0.15) is 13.2 Å². The number of alkyl halides is 3. The van der Waals surface area contributed by atoms with Crippen molar-refractivity contribution in [2.24, 2.45) is 5.41 Å². The molecule has 2 aromatic rings. The number of carbonyl (C=O) groups is 2. The van der Waals surface area contributed by atoms with Crippen LogP contribution in [0.3, 0.4) is 0 Å². The highest BCUT2D eigenvalue weighted by atomic mass is 35.5. The zero-order valence-electron chi connectivity index (χ0n) is 20.5. The molecule has 2 rings (SSSR count). The molecule has 2 N–H and O–H groups in total. The molecule has 4 nitrogen and oxygen atoms in total. The summed E-state index contributed by atoms with van der Waals surface area (Å²) in [5.74, 6) is -0.802. The van der Waals surface area contributed by atoms with E-state index < -0.39 is 23.2 Å². The van der Waals surface area contributed by atoms with Crippen molar-refractivity contribution in [1.82, 2.24) is 10.6 Å². The predicted octanol–water partition coefficient (Wildman–Crippen LogP) is 7.51. The smallest absolute Gasteiger partial charge is 0.354 e. The van der Waals surface area contributed by atoms with Crippen LogP contribution in [0, 0.1) is 5.41 Å². The number of nitrogens with one attached hydrogen (secondary N) is 2. The van der Waals surface area contributed by atoms with Crippen molar-refractivity contribution in [3.05, 3.63) is 74.2 Å². The highest BCUT2D eigenvalue weighted by Crippen LogP contribution is 2.39. The highest BCUT2D eigenvalue weighted by Gasteiger charge is 2.35. The van der Waals surface area contributed by atoms with E-state index >= 15 is 0 Å². The van der Waals surface area contributed by atoms with E-state index in [1.165, 1.54) is 12.1 Å². The Morgan fingerprint density at radius 2 is 1.42 bits per heavy atom. The molecule has 10 heteroatoms. The molecule has 0 aliphatic heterocycles. The molecule has 0 aromatic heterocycles. The first-order valence-electron chi connectivity index (χ1n) is 11.0. The van der Waals surface area contributed by atoms with Crippen LogP contribution in [0.4, 0.5) is 13.2 Å². The van der Waals surface area contributed by atoms with Crippen LogP contribution in [0.15, 0.2) is 42.5 Å². The summed E-state index contributed by atoms with van der Waals surface area (Å²) < 4.78 is 41.1. The van der Waals surface area contributed by atoms with E-state index in [0.29, 0.717) is 12.1 Å². The third-order valence-electron chi connectivity index (χ3n) is 5.13. The second-order valence-electron chi connectivity index (χ2n) is 10.1. The fraction of sp³-hybridized carbons (Fsp3) is 0.385. The summed E-state index contributed by atoms with van der Waals surface area (Å²) >= 11 is 17.7. The van der Waals surface area contributed by atoms with Gasteiger partial charge in [-0.25, -0.2) is 0 Å². The maximum absolute atomic E-state index is 13.7. The van der Waals surface area contributed by atoms with Gasteiger partial charge in [-0.15, -0.1) is 0 Å². The Bertz CT molecular complexity index is 1130. The predicted molar refractivity (Wildman–Crippen MR) is 140 cm³/mol. The van der Waals surface area contributed by atoms with Gasteiger partial charge < -0.3 is 10.6 Å². The fourth-order valence-electron chi connectivity index (χ4n) is 3.10. The third kappa shape index (κ3) is 8.43. The Morgan fingerprint density at radius 1 is 0.889 bits per heavy atom. The largest absolute Gasteiger partial charge is 0.416 e. The van der Waals surface area contributed by atoms with E-state index in [9.17, 15) is 22.8 Å². The third-order valence-corrected chi connectivity index (χ3v) is 6.33. The number of carbonyl (C=O) groups excluding carboxylic acids is 2. The molecule has 0 atom stereocenters. The van der Waals surface area contributed by atoms with Gasteiger partial charge in [-0.1, -0.05) is 73.8 Å². The van der Waals surface area contributed by atoms with E-state index in [0.717, 1.165) is 18.2 Å². The molecule has 0 heterocycles. The molecule has 0 aliphatic rings. The van der Waals surface area contributed by atoms with Gasteiger partial charge in [0.1, 0.15) is 5.54 Å². The van der Waals surface area contributed by atoms with Gasteiger partial charge in [0.05, 0.1) is 20.6 Å². The number of allylic oxidation sites excluding steroid dienone is 2. The van der Waals surface area contributed by atoms with Gasteiger partial charge in [-0.05, 0) is 61.1 Å². The van der Waals surface area contributed by atoms with E-state index in [-0.39, 0.29) is 43.9 Å². The highest BCUT2D eigenvalue weighted by molar-refractivity contribution is 6.48.